The molecule has 0 heterocycles. The summed E-state index contributed by atoms with van der Waals surface area (Å²) < 4.78 is 43.6. The van der Waals surface area contributed by atoms with Gasteiger partial charge in [0.15, 0.2) is 0 Å². The highest BCUT2D eigenvalue weighted by Crippen LogP contribution is 2.20. The summed E-state index contributed by atoms with van der Waals surface area (Å²) in [4.78, 5) is -0.0939. The van der Waals surface area contributed by atoms with Gasteiger partial charge in [-0.2, -0.15) is 4.31 Å². The highest BCUT2D eigenvalue weighted by Gasteiger charge is 2.23. The van der Waals surface area contributed by atoms with Crippen molar-refractivity contribution < 1.29 is 17.5 Å². The number of hydrogen-bond acceptors (Lipinski definition) is 4. The fourth-order valence-corrected chi connectivity index (χ4v) is 2.84. The molecule has 1 rings (SSSR count). The number of methoxy groups -OCH3 is 1. The van der Waals surface area contributed by atoms with Crippen LogP contribution in [0.3, 0.4) is 0 Å². The molecule has 0 aliphatic rings. The quantitative estimate of drug-likeness (QED) is 0.823. The summed E-state index contributed by atoms with van der Waals surface area (Å²) in [5.74, 6) is -0.606. The van der Waals surface area contributed by atoms with Crippen molar-refractivity contribution in [2.75, 3.05) is 27.3 Å². The molecule has 0 bridgehead atoms. The summed E-state index contributed by atoms with van der Waals surface area (Å²) in [6.07, 6.45) is 0. The Labute approximate surface area is 106 Å². The number of ether oxygens (including phenoxy) is 1. The Balaban J connectivity index is 3.14. The maximum absolute atomic E-state index is 13.2. The fourth-order valence-electron chi connectivity index (χ4n) is 1.45. The summed E-state index contributed by atoms with van der Waals surface area (Å²) in [6.45, 7) is 0.495. The molecule has 0 fully saturated rings. The van der Waals surface area contributed by atoms with Gasteiger partial charge in [0, 0.05) is 27.2 Å². The number of likely N-dealkylation sites (N-methyl/N-ethyl adjacent to an activating group) is 1. The van der Waals surface area contributed by atoms with Crippen LogP contribution in [0.25, 0.3) is 0 Å². The molecule has 0 spiro atoms. The summed E-state index contributed by atoms with van der Waals surface area (Å²) in [7, 11) is -0.847. The minimum absolute atomic E-state index is 0.0347. The Hall–Kier alpha value is -1.02. The first-order valence-corrected chi connectivity index (χ1v) is 6.81. The van der Waals surface area contributed by atoms with Gasteiger partial charge in [0.05, 0.1) is 11.5 Å². The van der Waals surface area contributed by atoms with Crippen LogP contribution in [0, 0.1) is 5.82 Å². The molecule has 0 aliphatic carbocycles. The normalized spacial score (nSPS) is 12.1. The zero-order chi connectivity index (χ0) is 13.8. The van der Waals surface area contributed by atoms with Gasteiger partial charge in [-0.05, 0) is 17.7 Å². The van der Waals surface area contributed by atoms with E-state index < -0.39 is 15.8 Å². The number of sulfonamides is 1. The third-order valence-corrected chi connectivity index (χ3v) is 4.49. The predicted molar refractivity (Wildman–Crippen MR) is 66.0 cm³/mol. The average molecular weight is 276 g/mol. The zero-order valence-corrected chi connectivity index (χ0v) is 11.2. The van der Waals surface area contributed by atoms with E-state index in [9.17, 15) is 12.8 Å². The first kappa shape index (κ1) is 15.0. The molecule has 0 aromatic heterocycles. The number of nitrogens with zero attached hydrogens (tertiary/aromatic N) is 1. The Bertz CT molecular complexity index is 505. The van der Waals surface area contributed by atoms with Crippen LogP contribution < -0.4 is 5.73 Å². The highest BCUT2D eigenvalue weighted by atomic mass is 32.2. The zero-order valence-electron chi connectivity index (χ0n) is 10.4. The number of nitrogens with two attached hydrogens (primary N) is 1. The van der Waals surface area contributed by atoms with Crippen LogP contribution in [0.15, 0.2) is 23.1 Å². The van der Waals surface area contributed by atoms with Crippen molar-refractivity contribution in [3.05, 3.63) is 29.6 Å². The second kappa shape index (κ2) is 6.24. The third-order valence-electron chi connectivity index (χ3n) is 2.55. The van der Waals surface area contributed by atoms with E-state index in [0.29, 0.717) is 5.56 Å². The van der Waals surface area contributed by atoms with Crippen molar-refractivity contribution in [3.8, 4) is 0 Å². The number of rotatable bonds is 6. The van der Waals surface area contributed by atoms with Gasteiger partial charge in [-0.15, -0.1) is 0 Å². The maximum Gasteiger partial charge on any atom is 0.243 e. The fraction of sp³-hybridized carbons (Fsp3) is 0.455. The minimum atomic E-state index is -3.74. The van der Waals surface area contributed by atoms with E-state index in [1.807, 2.05) is 0 Å². The second-order valence-corrected chi connectivity index (χ2v) is 5.79. The lowest BCUT2D eigenvalue weighted by Crippen LogP contribution is -2.31. The molecule has 18 heavy (non-hydrogen) atoms. The van der Waals surface area contributed by atoms with Gasteiger partial charge in [-0.25, -0.2) is 12.8 Å². The van der Waals surface area contributed by atoms with Crippen molar-refractivity contribution >= 4 is 10.0 Å². The predicted octanol–water partition coefficient (Wildman–Crippen LogP) is 0.551. The van der Waals surface area contributed by atoms with Crippen LogP contribution >= 0.6 is 0 Å². The van der Waals surface area contributed by atoms with E-state index in [4.69, 9.17) is 10.5 Å². The Morgan fingerprint density at radius 1 is 1.44 bits per heavy atom. The first-order valence-electron chi connectivity index (χ1n) is 5.37. The van der Waals surface area contributed by atoms with Gasteiger partial charge in [-0.1, -0.05) is 6.07 Å². The summed E-state index contributed by atoms with van der Waals surface area (Å²) in [5.41, 5.74) is 5.86. The van der Waals surface area contributed by atoms with Crippen LogP contribution in [0.2, 0.25) is 0 Å². The molecule has 0 unspecified atom stereocenters. The molecule has 0 radical (unpaired) electrons. The molecule has 0 atom stereocenters. The van der Waals surface area contributed by atoms with Crippen molar-refractivity contribution in [3.63, 3.8) is 0 Å². The van der Waals surface area contributed by atoms with Crippen LogP contribution in [0.5, 0.6) is 0 Å². The molecule has 5 nitrogen and oxygen atoms in total. The molecule has 0 aliphatic heterocycles. The lowest BCUT2D eigenvalue weighted by molar-refractivity contribution is 0.185. The smallest absolute Gasteiger partial charge is 0.243 e. The van der Waals surface area contributed by atoms with Crippen LogP contribution in [-0.2, 0) is 21.3 Å². The van der Waals surface area contributed by atoms with Crippen molar-refractivity contribution in [1.29, 1.82) is 0 Å². The molecule has 0 saturated carbocycles. The SMILES string of the molecule is COCCN(C)S(=O)(=O)c1cc(F)ccc1CN. The average Bonchev–Trinajstić information content (AvgIpc) is 2.35. The Morgan fingerprint density at radius 3 is 2.67 bits per heavy atom. The van der Waals surface area contributed by atoms with E-state index in [2.05, 4.69) is 0 Å². The van der Waals surface area contributed by atoms with Gasteiger partial charge in [0.25, 0.3) is 0 Å². The van der Waals surface area contributed by atoms with E-state index in [0.717, 1.165) is 10.4 Å². The van der Waals surface area contributed by atoms with E-state index in [1.54, 1.807) is 0 Å². The molecular weight excluding hydrogens is 259 g/mol. The summed E-state index contributed by atoms with van der Waals surface area (Å²) in [5, 5.41) is 0. The highest BCUT2D eigenvalue weighted by molar-refractivity contribution is 7.89. The lowest BCUT2D eigenvalue weighted by Gasteiger charge is -2.18. The van der Waals surface area contributed by atoms with Gasteiger partial charge < -0.3 is 10.5 Å². The van der Waals surface area contributed by atoms with Gasteiger partial charge in [0.1, 0.15) is 5.82 Å². The molecule has 1 aromatic rings. The number of hydrogen-bond donors (Lipinski definition) is 1. The van der Waals surface area contributed by atoms with E-state index >= 15 is 0 Å². The summed E-state index contributed by atoms with van der Waals surface area (Å²) >= 11 is 0. The van der Waals surface area contributed by atoms with Crippen molar-refractivity contribution in [1.82, 2.24) is 4.31 Å². The molecular formula is C11H17FN2O3S. The van der Waals surface area contributed by atoms with Crippen LogP contribution in [0.4, 0.5) is 4.39 Å². The molecule has 2 N–H and O–H groups in total. The topological polar surface area (TPSA) is 72.6 Å². The lowest BCUT2D eigenvalue weighted by atomic mass is 10.2. The third kappa shape index (κ3) is 3.26. The Kier molecular flexibility index (Phi) is 5.21. The van der Waals surface area contributed by atoms with Crippen molar-refractivity contribution in [2.45, 2.75) is 11.4 Å². The monoisotopic (exact) mass is 276 g/mol. The largest absolute Gasteiger partial charge is 0.383 e. The van der Waals surface area contributed by atoms with Crippen molar-refractivity contribution in [2.24, 2.45) is 5.73 Å². The minimum Gasteiger partial charge on any atom is -0.383 e. The number of benzene rings is 1. The van der Waals surface area contributed by atoms with Crippen LogP contribution in [0.1, 0.15) is 5.56 Å². The van der Waals surface area contributed by atoms with E-state index in [1.165, 1.54) is 26.3 Å². The maximum atomic E-state index is 13.2. The first-order chi connectivity index (χ1) is 8.43. The van der Waals surface area contributed by atoms with Gasteiger partial charge in [0.2, 0.25) is 10.0 Å². The van der Waals surface area contributed by atoms with Gasteiger partial charge >= 0.3 is 0 Å². The van der Waals surface area contributed by atoms with Gasteiger partial charge in [-0.3, -0.25) is 0 Å². The second-order valence-electron chi connectivity index (χ2n) is 3.78. The molecule has 0 amide bonds. The molecule has 0 saturated heterocycles. The Morgan fingerprint density at radius 2 is 2.11 bits per heavy atom. The summed E-state index contributed by atoms with van der Waals surface area (Å²) in [6, 6.07) is 3.56. The number of halogens is 1. The van der Waals surface area contributed by atoms with E-state index in [-0.39, 0.29) is 24.6 Å². The molecule has 7 heteroatoms. The standard InChI is InChI=1S/C11H17FN2O3S/c1-14(5-6-17-2)18(15,16)11-7-10(12)4-3-9(11)8-13/h3-4,7H,5-6,8,13H2,1-2H3. The molecule has 1 aromatic carbocycles. The van der Waals surface area contributed by atoms with Crippen LogP contribution in [-0.4, -0.2) is 40.0 Å². The molecule has 102 valence electrons.